The second-order valence-corrected chi connectivity index (χ2v) is 5.03. The SMILES string of the molecule is O=S(=O)(C=Cc1ccccc1)Oc1ccccc1.[NaH]. The molecule has 0 unspecified atom stereocenters. The molecule has 0 saturated carbocycles. The Labute approximate surface area is 135 Å². The summed E-state index contributed by atoms with van der Waals surface area (Å²) in [7, 11) is -3.71. The van der Waals surface area contributed by atoms with Gasteiger partial charge in [-0.3, -0.25) is 0 Å². The molecule has 0 bridgehead atoms. The standard InChI is InChI=1S/C14H12O3S.Na.H/c15-18(16,17-14-9-5-2-6-10-14)12-11-13-7-3-1-4-8-13;;/h1-12H;;. The van der Waals surface area contributed by atoms with Crippen LogP contribution in [0.25, 0.3) is 6.08 Å². The summed E-state index contributed by atoms with van der Waals surface area (Å²) >= 11 is 0. The van der Waals surface area contributed by atoms with Crippen LogP contribution in [0.15, 0.2) is 66.1 Å². The number of hydrogen-bond acceptors (Lipinski definition) is 3. The van der Waals surface area contributed by atoms with Gasteiger partial charge in [0.05, 0.1) is 5.41 Å². The molecule has 0 N–H and O–H groups in total. The number of benzene rings is 2. The van der Waals surface area contributed by atoms with Gasteiger partial charge in [-0.2, -0.15) is 8.42 Å². The first-order valence-corrected chi connectivity index (χ1v) is 6.85. The van der Waals surface area contributed by atoms with E-state index >= 15 is 0 Å². The molecule has 2 aromatic rings. The predicted molar refractivity (Wildman–Crippen MR) is 78.6 cm³/mol. The van der Waals surface area contributed by atoms with Gasteiger partial charge in [0, 0.05) is 0 Å². The van der Waals surface area contributed by atoms with Gasteiger partial charge in [-0.15, -0.1) is 0 Å². The Morgan fingerprint density at radius 1 is 0.842 bits per heavy atom. The van der Waals surface area contributed by atoms with E-state index in [2.05, 4.69) is 0 Å². The molecule has 0 aliphatic rings. The summed E-state index contributed by atoms with van der Waals surface area (Å²) < 4.78 is 28.2. The van der Waals surface area contributed by atoms with E-state index < -0.39 is 10.1 Å². The molecule has 2 rings (SSSR count). The monoisotopic (exact) mass is 284 g/mol. The van der Waals surface area contributed by atoms with Crippen molar-refractivity contribution in [1.82, 2.24) is 0 Å². The summed E-state index contributed by atoms with van der Waals surface area (Å²) in [6.07, 6.45) is 1.50. The van der Waals surface area contributed by atoms with Gasteiger partial charge in [0.2, 0.25) is 0 Å². The maximum absolute atomic E-state index is 11.7. The molecule has 19 heavy (non-hydrogen) atoms. The van der Waals surface area contributed by atoms with Gasteiger partial charge >= 0.3 is 39.7 Å². The topological polar surface area (TPSA) is 43.4 Å². The third-order valence-electron chi connectivity index (χ3n) is 2.18. The Morgan fingerprint density at radius 2 is 1.37 bits per heavy atom. The minimum absolute atomic E-state index is 0. The van der Waals surface area contributed by atoms with Crippen molar-refractivity contribution in [3.8, 4) is 5.75 Å². The summed E-state index contributed by atoms with van der Waals surface area (Å²) in [5.41, 5.74) is 0.803. The van der Waals surface area contributed by atoms with Crippen LogP contribution in [0.3, 0.4) is 0 Å². The van der Waals surface area contributed by atoms with Gasteiger partial charge in [0.15, 0.2) is 0 Å². The molecule has 0 aliphatic heterocycles. The average Bonchev–Trinajstić information content (AvgIpc) is 2.38. The number of para-hydroxylation sites is 1. The maximum atomic E-state index is 11.7. The van der Waals surface area contributed by atoms with Crippen molar-refractivity contribution in [3.63, 3.8) is 0 Å². The van der Waals surface area contributed by atoms with E-state index in [9.17, 15) is 8.42 Å². The van der Waals surface area contributed by atoms with Crippen molar-refractivity contribution in [2.45, 2.75) is 0 Å². The quantitative estimate of drug-likeness (QED) is 0.639. The molecule has 0 saturated heterocycles. The van der Waals surface area contributed by atoms with Gasteiger partial charge < -0.3 is 4.18 Å². The summed E-state index contributed by atoms with van der Waals surface area (Å²) in [4.78, 5) is 0. The normalized spacial score (nSPS) is 10.9. The van der Waals surface area contributed by atoms with Gasteiger partial charge in [0.25, 0.3) is 0 Å². The molecule has 0 radical (unpaired) electrons. The summed E-state index contributed by atoms with van der Waals surface area (Å²) in [6.45, 7) is 0. The van der Waals surface area contributed by atoms with Gasteiger partial charge in [-0.25, -0.2) is 0 Å². The van der Waals surface area contributed by atoms with Crippen molar-refractivity contribution in [2.24, 2.45) is 0 Å². The molecule has 0 spiro atoms. The zero-order valence-electron chi connectivity index (χ0n) is 9.56. The van der Waals surface area contributed by atoms with Crippen molar-refractivity contribution in [1.29, 1.82) is 0 Å². The van der Waals surface area contributed by atoms with Crippen LogP contribution in [0.5, 0.6) is 5.75 Å². The molecule has 94 valence electrons. The molecular formula is C14H13NaO3S. The average molecular weight is 284 g/mol. The van der Waals surface area contributed by atoms with Crippen LogP contribution in [-0.4, -0.2) is 38.0 Å². The van der Waals surface area contributed by atoms with Crippen LogP contribution in [0.1, 0.15) is 5.56 Å². The molecule has 0 aromatic heterocycles. The molecule has 5 heteroatoms. The molecule has 0 aliphatic carbocycles. The van der Waals surface area contributed by atoms with Crippen LogP contribution in [-0.2, 0) is 10.1 Å². The first kappa shape index (κ1) is 16.0. The molecule has 0 fully saturated rings. The molecule has 0 heterocycles. The van der Waals surface area contributed by atoms with Crippen LogP contribution in [0.2, 0.25) is 0 Å². The number of rotatable bonds is 4. The summed E-state index contributed by atoms with van der Waals surface area (Å²) in [5.74, 6) is 0.301. The Balaban J connectivity index is 0.00000180. The fraction of sp³-hybridized carbons (Fsp3) is 0. The first-order valence-electron chi connectivity index (χ1n) is 5.38. The second-order valence-electron chi connectivity index (χ2n) is 3.60. The van der Waals surface area contributed by atoms with Crippen LogP contribution in [0.4, 0.5) is 0 Å². The third kappa shape index (κ3) is 5.61. The summed E-state index contributed by atoms with van der Waals surface area (Å²) in [6, 6.07) is 17.6. The van der Waals surface area contributed by atoms with E-state index in [1.165, 1.54) is 6.08 Å². The zero-order valence-corrected chi connectivity index (χ0v) is 10.4. The Kier molecular flexibility index (Phi) is 6.31. The van der Waals surface area contributed by atoms with Gasteiger partial charge in [-0.1, -0.05) is 48.5 Å². The van der Waals surface area contributed by atoms with Crippen LogP contribution >= 0.6 is 0 Å². The van der Waals surface area contributed by atoms with Crippen molar-refractivity contribution in [3.05, 3.63) is 71.6 Å². The molecule has 0 atom stereocenters. The zero-order chi connectivity index (χ0) is 12.8. The summed E-state index contributed by atoms with van der Waals surface area (Å²) in [5, 5.41) is 1.05. The van der Waals surface area contributed by atoms with Crippen molar-refractivity contribution >= 4 is 45.8 Å². The van der Waals surface area contributed by atoms with Gasteiger partial charge in [-0.05, 0) is 23.8 Å². The van der Waals surface area contributed by atoms with E-state index in [0.717, 1.165) is 11.0 Å². The number of hydrogen-bond donors (Lipinski definition) is 0. The van der Waals surface area contributed by atoms with Crippen molar-refractivity contribution in [2.75, 3.05) is 0 Å². The molecule has 3 nitrogen and oxygen atoms in total. The Bertz CT molecular complexity index is 622. The van der Waals surface area contributed by atoms with Crippen LogP contribution < -0.4 is 4.18 Å². The first-order chi connectivity index (χ1) is 8.66. The van der Waals surface area contributed by atoms with E-state index in [-0.39, 0.29) is 29.6 Å². The van der Waals surface area contributed by atoms with E-state index in [4.69, 9.17) is 4.18 Å². The third-order valence-corrected chi connectivity index (χ3v) is 3.08. The van der Waals surface area contributed by atoms with Gasteiger partial charge in [0.1, 0.15) is 5.75 Å². The molecular weight excluding hydrogens is 271 g/mol. The molecule has 0 amide bonds. The van der Waals surface area contributed by atoms with Crippen LogP contribution in [0, 0.1) is 0 Å². The van der Waals surface area contributed by atoms with E-state index in [1.54, 1.807) is 30.3 Å². The van der Waals surface area contributed by atoms with E-state index in [1.807, 2.05) is 30.3 Å². The predicted octanol–water partition coefficient (Wildman–Crippen LogP) is 2.42. The molecule has 2 aromatic carbocycles. The fourth-order valence-electron chi connectivity index (χ4n) is 1.36. The van der Waals surface area contributed by atoms with E-state index in [0.29, 0.717) is 5.75 Å². The fourth-order valence-corrected chi connectivity index (χ4v) is 2.12. The Morgan fingerprint density at radius 3 is 1.95 bits per heavy atom. The van der Waals surface area contributed by atoms with Crippen molar-refractivity contribution < 1.29 is 12.6 Å². The minimum atomic E-state index is -3.71. The Hall–Kier alpha value is -1.07. The second kappa shape index (κ2) is 7.50.